The molecule has 8 heteroatoms. The Kier molecular flexibility index (Phi) is 8.43. The molecule has 3 rings (SSSR count). The molecular formula is C26H27N3O5. The van der Waals surface area contributed by atoms with E-state index in [-0.39, 0.29) is 13.2 Å². The Morgan fingerprint density at radius 2 is 1.97 bits per heavy atom. The van der Waals surface area contributed by atoms with E-state index in [9.17, 15) is 14.4 Å². The lowest BCUT2D eigenvalue weighted by Gasteiger charge is -2.20. The Labute approximate surface area is 198 Å². The number of allylic oxidation sites excluding steroid dienone is 1. The number of fused-ring (bicyclic) bond motifs is 1. The minimum Gasteiger partial charge on any atom is -0.489 e. The molecule has 0 bridgehead atoms. The minimum absolute atomic E-state index is 0.0893. The zero-order valence-corrected chi connectivity index (χ0v) is 19.1. The SMILES string of the molecule is C/C(C#Cc1ccc2c(c1)N(C)C(=O)[C@@H](NC(=O)C(=O)NCCc1ccccc1)CO2)=C/CO. The van der Waals surface area contributed by atoms with Crippen molar-refractivity contribution >= 4 is 23.4 Å². The molecule has 0 radical (unpaired) electrons. The highest BCUT2D eigenvalue weighted by Gasteiger charge is 2.32. The molecule has 176 valence electrons. The fourth-order valence-electron chi connectivity index (χ4n) is 3.31. The number of amides is 3. The van der Waals surface area contributed by atoms with Gasteiger partial charge in [0.15, 0.2) is 0 Å². The number of carbonyl (C=O) groups is 3. The van der Waals surface area contributed by atoms with Crippen LogP contribution in [0.3, 0.4) is 0 Å². The third-order valence-corrected chi connectivity index (χ3v) is 5.21. The van der Waals surface area contributed by atoms with Crippen molar-refractivity contribution < 1.29 is 24.2 Å². The lowest BCUT2D eigenvalue weighted by molar-refractivity contribution is -0.140. The minimum atomic E-state index is -1.02. The van der Waals surface area contributed by atoms with E-state index in [0.29, 0.717) is 30.0 Å². The highest BCUT2D eigenvalue weighted by atomic mass is 16.5. The molecule has 0 saturated carbocycles. The van der Waals surface area contributed by atoms with Gasteiger partial charge in [0, 0.05) is 19.2 Å². The maximum absolute atomic E-state index is 13.0. The molecule has 8 nitrogen and oxygen atoms in total. The summed E-state index contributed by atoms with van der Waals surface area (Å²) in [6.45, 7) is 1.89. The van der Waals surface area contributed by atoms with Crippen LogP contribution in [0.25, 0.3) is 0 Å². The lowest BCUT2D eigenvalue weighted by Crippen LogP contribution is -2.53. The molecule has 3 N–H and O–H groups in total. The van der Waals surface area contributed by atoms with Gasteiger partial charge in [-0.3, -0.25) is 14.4 Å². The molecule has 3 amide bonds. The topological polar surface area (TPSA) is 108 Å². The molecule has 1 aliphatic rings. The molecule has 0 unspecified atom stereocenters. The first-order valence-corrected chi connectivity index (χ1v) is 10.9. The van der Waals surface area contributed by atoms with Crippen molar-refractivity contribution in [3.63, 3.8) is 0 Å². The molecule has 34 heavy (non-hydrogen) atoms. The molecule has 1 heterocycles. The summed E-state index contributed by atoms with van der Waals surface area (Å²) < 4.78 is 5.74. The van der Waals surface area contributed by atoms with Gasteiger partial charge < -0.3 is 25.4 Å². The van der Waals surface area contributed by atoms with Crippen molar-refractivity contribution in [2.24, 2.45) is 0 Å². The van der Waals surface area contributed by atoms with E-state index in [4.69, 9.17) is 9.84 Å². The third-order valence-electron chi connectivity index (χ3n) is 5.21. The second kappa shape index (κ2) is 11.7. The van der Waals surface area contributed by atoms with E-state index in [0.717, 1.165) is 11.1 Å². The molecule has 0 aromatic heterocycles. The number of ether oxygens (including phenoxy) is 1. The van der Waals surface area contributed by atoms with Crippen molar-refractivity contribution in [2.45, 2.75) is 19.4 Å². The fraction of sp³-hybridized carbons (Fsp3) is 0.269. The van der Waals surface area contributed by atoms with E-state index >= 15 is 0 Å². The zero-order valence-electron chi connectivity index (χ0n) is 19.1. The van der Waals surface area contributed by atoms with E-state index in [1.54, 1.807) is 38.2 Å². The number of likely N-dealkylation sites (N-methyl/N-ethyl adjacent to an activating group) is 1. The van der Waals surface area contributed by atoms with E-state index in [1.807, 2.05) is 30.3 Å². The number of benzene rings is 2. The number of carbonyl (C=O) groups excluding carboxylic acids is 3. The Bertz CT molecular complexity index is 1150. The first-order valence-electron chi connectivity index (χ1n) is 10.9. The van der Waals surface area contributed by atoms with Gasteiger partial charge in [0.05, 0.1) is 12.3 Å². The quantitative estimate of drug-likeness (QED) is 0.458. The summed E-state index contributed by atoms with van der Waals surface area (Å²) in [6, 6.07) is 13.7. The fourth-order valence-corrected chi connectivity index (χ4v) is 3.31. The average Bonchev–Trinajstić information content (AvgIpc) is 2.95. The molecule has 0 fully saturated rings. The van der Waals surface area contributed by atoms with Gasteiger partial charge in [0.25, 0.3) is 5.91 Å². The predicted molar refractivity (Wildman–Crippen MR) is 128 cm³/mol. The van der Waals surface area contributed by atoms with Gasteiger partial charge >= 0.3 is 11.8 Å². The summed E-state index contributed by atoms with van der Waals surface area (Å²) in [7, 11) is 1.57. The zero-order chi connectivity index (χ0) is 24.5. The maximum Gasteiger partial charge on any atom is 0.310 e. The second-order valence-corrected chi connectivity index (χ2v) is 7.73. The Balaban J connectivity index is 1.61. The second-order valence-electron chi connectivity index (χ2n) is 7.73. The van der Waals surface area contributed by atoms with E-state index in [2.05, 4.69) is 22.5 Å². The van der Waals surface area contributed by atoms with Crippen LogP contribution >= 0.6 is 0 Å². The predicted octanol–water partition coefficient (Wildman–Crippen LogP) is 1.18. The van der Waals surface area contributed by atoms with Gasteiger partial charge in [-0.05, 0) is 48.8 Å². The molecule has 2 aromatic carbocycles. The summed E-state index contributed by atoms with van der Waals surface area (Å²) >= 11 is 0. The number of rotatable bonds is 5. The lowest BCUT2D eigenvalue weighted by atomic mass is 10.1. The highest BCUT2D eigenvalue weighted by Crippen LogP contribution is 2.31. The Morgan fingerprint density at radius 1 is 1.21 bits per heavy atom. The molecule has 2 aromatic rings. The summed E-state index contributed by atoms with van der Waals surface area (Å²) in [5.74, 6) is 4.26. The standard InChI is InChI=1S/C26H27N3O5/c1-18(13-15-30)8-9-20-10-11-23-22(16-20)29(2)26(33)21(17-34-23)28-25(32)24(31)27-14-12-19-6-4-3-5-7-19/h3-7,10-11,13,16,21,30H,12,14-15,17H2,1-2H3,(H,27,31)(H,28,32)/b18-13-/t21-/m0/s1. The maximum atomic E-state index is 13.0. The van der Waals surface area contributed by atoms with Gasteiger partial charge in [-0.1, -0.05) is 42.2 Å². The van der Waals surface area contributed by atoms with Crippen LogP contribution in [0, 0.1) is 11.8 Å². The molecule has 0 spiro atoms. The monoisotopic (exact) mass is 461 g/mol. The van der Waals surface area contributed by atoms with E-state index < -0.39 is 23.8 Å². The highest BCUT2D eigenvalue weighted by molar-refractivity contribution is 6.35. The third kappa shape index (κ3) is 6.47. The van der Waals surface area contributed by atoms with Crippen LogP contribution in [0.2, 0.25) is 0 Å². The number of nitrogens with zero attached hydrogens (tertiary/aromatic N) is 1. The summed E-state index contributed by atoms with van der Waals surface area (Å²) in [6.07, 6.45) is 2.18. The largest absolute Gasteiger partial charge is 0.489 e. The Morgan fingerprint density at radius 3 is 2.71 bits per heavy atom. The van der Waals surface area contributed by atoms with Crippen molar-refractivity contribution in [1.29, 1.82) is 0 Å². The van der Waals surface area contributed by atoms with Crippen molar-refractivity contribution in [1.82, 2.24) is 10.6 Å². The first-order chi connectivity index (χ1) is 16.4. The van der Waals surface area contributed by atoms with Crippen LogP contribution < -0.4 is 20.3 Å². The van der Waals surface area contributed by atoms with Gasteiger partial charge in [-0.2, -0.15) is 0 Å². The summed E-state index contributed by atoms with van der Waals surface area (Å²) in [5, 5.41) is 14.0. The summed E-state index contributed by atoms with van der Waals surface area (Å²) in [5.41, 5.74) is 2.93. The van der Waals surface area contributed by atoms with Crippen LogP contribution in [0.5, 0.6) is 5.75 Å². The van der Waals surface area contributed by atoms with Gasteiger partial charge in [-0.15, -0.1) is 0 Å². The van der Waals surface area contributed by atoms with Crippen molar-refractivity contribution in [3.8, 4) is 17.6 Å². The number of hydrogen-bond donors (Lipinski definition) is 3. The van der Waals surface area contributed by atoms with Crippen LogP contribution in [0.15, 0.2) is 60.2 Å². The van der Waals surface area contributed by atoms with Crippen LogP contribution in [-0.2, 0) is 20.8 Å². The summed E-state index contributed by atoms with van der Waals surface area (Å²) in [4.78, 5) is 38.9. The van der Waals surface area contributed by atoms with Crippen molar-refractivity contribution in [2.75, 3.05) is 31.7 Å². The first kappa shape index (κ1) is 24.6. The van der Waals surface area contributed by atoms with Gasteiger partial charge in [0.2, 0.25) is 0 Å². The number of nitrogens with one attached hydrogen (secondary N) is 2. The average molecular weight is 462 g/mol. The van der Waals surface area contributed by atoms with E-state index in [1.165, 1.54) is 4.90 Å². The van der Waals surface area contributed by atoms with Gasteiger partial charge in [0.1, 0.15) is 18.4 Å². The van der Waals surface area contributed by atoms with Crippen LogP contribution in [0.4, 0.5) is 5.69 Å². The number of anilines is 1. The molecule has 0 aliphatic carbocycles. The number of aliphatic hydroxyl groups excluding tert-OH is 1. The number of hydrogen-bond acceptors (Lipinski definition) is 5. The normalized spacial score (nSPS) is 15.3. The molecular weight excluding hydrogens is 434 g/mol. The van der Waals surface area contributed by atoms with Gasteiger partial charge in [-0.25, -0.2) is 0 Å². The van der Waals surface area contributed by atoms with Crippen LogP contribution in [-0.4, -0.2) is 55.7 Å². The number of aliphatic hydroxyl groups is 1. The molecule has 0 saturated heterocycles. The van der Waals surface area contributed by atoms with Crippen molar-refractivity contribution in [3.05, 3.63) is 71.3 Å². The molecule has 1 aliphatic heterocycles. The smallest absolute Gasteiger partial charge is 0.310 e. The molecule has 1 atom stereocenters. The Hall–Kier alpha value is -4.09. The van der Waals surface area contributed by atoms with Crippen LogP contribution in [0.1, 0.15) is 18.1 Å².